The third-order valence-electron chi connectivity index (χ3n) is 6.02. The van der Waals surface area contributed by atoms with Gasteiger partial charge in [0.05, 0.1) is 6.54 Å². The Kier molecular flexibility index (Phi) is 7.97. The molecule has 0 aliphatic carbocycles. The van der Waals surface area contributed by atoms with Crippen molar-refractivity contribution >= 4 is 5.91 Å². The number of carbonyl (C=O) groups is 1. The lowest BCUT2D eigenvalue weighted by Crippen LogP contribution is -2.30. The second kappa shape index (κ2) is 11.5. The lowest BCUT2D eigenvalue weighted by atomic mass is 10.0. The number of nitrogens with zero attached hydrogens (tertiary/aromatic N) is 6. The van der Waals surface area contributed by atoms with Crippen molar-refractivity contribution < 1.29 is 4.79 Å². The second-order valence-electron chi connectivity index (χ2n) is 8.66. The highest BCUT2D eigenvalue weighted by Crippen LogP contribution is 2.24. The summed E-state index contributed by atoms with van der Waals surface area (Å²) in [6.07, 6.45) is 5.73. The number of aromatic nitrogens is 7. The van der Waals surface area contributed by atoms with Crippen molar-refractivity contribution in [2.24, 2.45) is 0 Å². The zero-order chi connectivity index (χ0) is 24.6. The third kappa shape index (κ3) is 5.79. The molecule has 0 aliphatic heterocycles. The summed E-state index contributed by atoms with van der Waals surface area (Å²) < 4.78 is 2.71. The lowest BCUT2D eigenvalue weighted by molar-refractivity contribution is 0.0878. The van der Waals surface area contributed by atoms with E-state index in [1.165, 1.54) is 0 Å². The molecule has 0 aliphatic rings. The van der Waals surface area contributed by atoms with Gasteiger partial charge in [0.15, 0.2) is 0 Å². The fourth-order valence-electron chi connectivity index (χ4n) is 4.02. The molecule has 0 fully saturated rings. The Morgan fingerprint density at radius 1 is 0.943 bits per heavy atom. The number of H-pyrrole nitrogens is 1. The summed E-state index contributed by atoms with van der Waals surface area (Å²) in [6, 6.07) is 16.0. The standard InChI is InChI=1S/C26H31N7O2/c1-3-5-7-11-23-29-33(24(34)12-6-4-2)26(35)32(23)18-19-13-15-20(16-14-19)21-9-8-10-22(17-21)25-27-30-31-28-25/h8-10,13-17H,3-7,11-12,18H2,1-2H3,(H,27,28,30,31). The Bertz CT molecular complexity index is 1300. The van der Waals surface area contributed by atoms with Gasteiger partial charge < -0.3 is 0 Å². The number of carbonyl (C=O) groups excluding carboxylic acids is 1. The molecule has 0 radical (unpaired) electrons. The van der Waals surface area contributed by atoms with E-state index >= 15 is 0 Å². The fraction of sp³-hybridized carbons (Fsp3) is 0.385. The predicted molar refractivity (Wildman–Crippen MR) is 134 cm³/mol. The van der Waals surface area contributed by atoms with Gasteiger partial charge in [-0.3, -0.25) is 9.36 Å². The van der Waals surface area contributed by atoms with Crippen molar-refractivity contribution in [1.82, 2.24) is 35.0 Å². The fourth-order valence-corrected chi connectivity index (χ4v) is 4.02. The number of aromatic amines is 1. The summed E-state index contributed by atoms with van der Waals surface area (Å²) in [5, 5.41) is 18.6. The molecule has 2 heterocycles. The van der Waals surface area contributed by atoms with Crippen LogP contribution in [0.2, 0.25) is 0 Å². The van der Waals surface area contributed by atoms with Crippen LogP contribution >= 0.6 is 0 Å². The highest BCUT2D eigenvalue weighted by atomic mass is 16.2. The van der Waals surface area contributed by atoms with Gasteiger partial charge in [-0.05, 0) is 40.8 Å². The SMILES string of the molecule is CCCCCc1nn(C(=O)CCCC)c(=O)n1Cc1ccc(-c2cccc(-c3nn[nH]n3)c2)cc1. The van der Waals surface area contributed by atoms with E-state index in [2.05, 4.69) is 32.6 Å². The van der Waals surface area contributed by atoms with Crippen LogP contribution in [0.15, 0.2) is 53.3 Å². The van der Waals surface area contributed by atoms with Crippen molar-refractivity contribution in [2.75, 3.05) is 0 Å². The zero-order valence-corrected chi connectivity index (χ0v) is 20.3. The van der Waals surface area contributed by atoms with Crippen molar-refractivity contribution in [1.29, 1.82) is 0 Å². The highest BCUT2D eigenvalue weighted by molar-refractivity contribution is 5.77. The molecular formula is C26H31N7O2. The van der Waals surface area contributed by atoms with Crippen LogP contribution in [0.25, 0.3) is 22.5 Å². The molecule has 0 spiro atoms. The minimum absolute atomic E-state index is 0.232. The average Bonchev–Trinajstić information content (AvgIpc) is 3.53. The van der Waals surface area contributed by atoms with Crippen LogP contribution in [0.1, 0.15) is 68.6 Å². The van der Waals surface area contributed by atoms with Crippen LogP contribution in [0.3, 0.4) is 0 Å². The normalized spacial score (nSPS) is 11.1. The van der Waals surface area contributed by atoms with Gasteiger partial charge in [-0.1, -0.05) is 75.6 Å². The summed E-state index contributed by atoms with van der Waals surface area (Å²) >= 11 is 0. The van der Waals surface area contributed by atoms with Crippen molar-refractivity contribution in [3.05, 3.63) is 70.4 Å². The second-order valence-corrected chi connectivity index (χ2v) is 8.66. The molecule has 9 heteroatoms. The average molecular weight is 474 g/mol. The molecule has 2 aromatic carbocycles. The minimum Gasteiger partial charge on any atom is -0.274 e. The number of unbranched alkanes of at least 4 members (excludes halogenated alkanes) is 3. The first-order chi connectivity index (χ1) is 17.1. The number of benzene rings is 2. The summed E-state index contributed by atoms with van der Waals surface area (Å²) in [5.74, 6) is 0.985. The molecule has 0 atom stereocenters. The maximum atomic E-state index is 13.1. The number of hydrogen-bond acceptors (Lipinski definition) is 6. The first kappa shape index (κ1) is 24.3. The first-order valence-electron chi connectivity index (χ1n) is 12.3. The van der Waals surface area contributed by atoms with Gasteiger partial charge in [-0.25, -0.2) is 4.79 Å². The number of rotatable bonds is 11. The van der Waals surface area contributed by atoms with Crippen LogP contribution < -0.4 is 5.69 Å². The van der Waals surface area contributed by atoms with Gasteiger partial charge in [-0.15, -0.1) is 20.0 Å². The molecule has 0 unspecified atom stereocenters. The van der Waals surface area contributed by atoms with Crippen molar-refractivity contribution in [3.8, 4) is 22.5 Å². The third-order valence-corrected chi connectivity index (χ3v) is 6.02. The van der Waals surface area contributed by atoms with Gasteiger partial charge >= 0.3 is 5.69 Å². The quantitative estimate of drug-likeness (QED) is 0.321. The van der Waals surface area contributed by atoms with E-state index in [0.717, 1.165) is 59.0 Å². The van der Waals surface area contributed by atoms with E-state index in [9.17, 15) is 9.59 Å². The Hall–Kier alpha value is -3.88. The molecule has 4 aromatic rings. The smallest absolute Gasteiger partial charge is 0.274 e. The van der Waals surface area contributed by atoms with Crippen LogP contribution in [-0.2, 0) is 13.0 Å². The lowest BCUT2D eigenvalue weighted by Gasteiger charge is -2.08. The number of tetrazole rings is 1. The van der Waals surface area contributed by atoms with Crippen molar-refractivity contribution in [3.63, 3.8) is 0 Å². The topological polar surface area (TPSA) is 111 Å². The molecule has 9 nitrogen and oxygen atoms in total. The molecule has 0 bridgehead atoms. The number of hydrogen-bond donors (Lipinski definition) is 1. The Labute approximate surface area is 204 Å². The summed E-state index contributed by atoms with van der Waals surface area (Å²) in [7, 11) is 0. The summed E-state index contributed by atoms with van der Waals surface area (Å²) in [5.41, 5.74) is 3.58. The molecule has 4 rings (SSSR count). The van der Waals surface area contributed by atoms with Crippen molar-refractivity contribution in [2.45, 2.75) is 65.3 Å². The van der Waals surface area contributed by atoms with Gasteiger partial charge in [0.2, 0.25) is 5.82 Å². The molecule has 0 saturated carbocycles. The van der Waals surface area contributed by atoms with Gasteiger partial charge in [0, 0.05) is 18.4 Å². The largest absolute Gasteiger partial charge is 0.353 e. The number of aryl methyl sites for hydroxylation is 1. The predicted octanol–water partition coefficient (Wildman–Crippen LogP) is 4.50. The maximum Gasteiger partial charge on any atom is 0.353 e. The van der Waals surface area contributed by atoms with E-state index < -0.39 is 0 Å². The van der Waals surface area contributed by atoms with E-state index in [1.807, 2.05) is 55.5 Å². The van der Waals surface area contributed by atoms with Crippen LogP contribution in [-0.4, -0.2) is 40.9 Å². The molecule has 2 aromatic heterocycles. The number of nitrogens with one attached hydrogen (secondary N) is 1. The summed E-state index contributed by atoms with van der Waals surface area (Å²) in [6.45, 7) is 4.54. The zero-order valence-electron chi connectivity index (χ0n) is 20.3. The minimum atomic E-state index is -0.352. The van der Waals surface area contributed by atoms with Gasteiger partial charge in [0.1, 0.15) is 5.82 Å². The van der Waals surface area contributed by atoms with E-state index in [4.69, 9.17) is 0 Å². The Morgan fingerprint density at radius 3 is 2.43 bits per heavy atom. The highest BCUT2D eigenvalue weighted by Gasteiger charge is 2.18. The molecule has 0 saturated heterocycles. The van der Waals surface area contributed by atoms with Gasteiger partial charge in [-0.2, -0.15) is 5.21 Å². The molecule has 1 N–H and O–H groups in total. The van der Waals surface area contributed by atoms with Crippen LogP contribution in [0, 0.1) is 0 Å². The van der Waals surface area contributed by atoms with E-state index in [-0.39, 0.29) is 11.6 Å². The monoisotopic (exact) mass is 473 g/mol. The Morgan fingerprint density at radius 2 is 1.71 bits per heavy atom. The Balaban J connectivity index is 1.56. The summed E-state index contributed by atoms with van der Waals surface area (Å²) in [4.78, 5) is 25.7. The van der Waals surface area contributed by atoms with Crippen LogP contribution in [0.5, 0.6) is 0 Å². The maximum absolute atomic E-state index is 13.1. The van der Waals surface area contributed by atoms with Crippen LogP contribution in [0.4, 0.5) is 0 Å². The molecule has 35 heavy (non-hydrogen) atoms. The van der Waals surface area contributed by atoms with Gasteiger partial charge in [0.25, 0.3) is 5.91 Å². The molecule has 182 valence electrons. The van der Waals surface area contributed by atoms with E-state index in [0.29, 0.717) is 31.0 Å². The van der Waals surface area contributed by atoms with E-state index in [1.54, 1.807) is 4.57 Å². The molecule has 0 amide bonds. The first-order valence-corrected chi connectivity index (χ1v) is 12.3. The molecular weight excluding hydrogens is 442 g/mol.